The highest BCUT2D eigenvalue weighted by molar-refractivity contribution is 5.93. The van der Waals surface area contributed by atoms with Crippen molar-refractivity contribution in [1.29, 1.82) is 0 Å². The van der Waals surface area contributed by atoms with Crippen molar-refractivity contribution in [2.24, 2.45) is 5.41 Å². The number of carbonyl (C=O) groups is 1. The summed E-state index contributed by atoms with van der Waals surface area (Å²) in [6.07, 6.45) is 3.25. The first kappa shape index (κ1) is 14.6. The van der Waals surface area contributed by atoms with Crippen LogP contribution in [0.1, 0.15) is 42.7 Å². The molecule has 2 N–H and O–H groups in total. The molecular formula is C14H22N2O2. The van der Waals surface area contributed by atoms with E-state index in [0.717, 1.165) is 18.5 Å². The van der Waals surface area contributed by atoms with Gasteiger partial charge in [0, 0.05) is 23.9 Å². The Balaban J connectivity index is 2.63. The maximum Gasteiger partial charge on any atom is 0.252 e. The highest BCUT2D eigenvalue weighted by atomic mass is 16.3. The standard InChI is InChI=1S/C14H22N2O2/c1-4-14(5-2,10-17)9-16-13(18)12-7-6-11(3)15-8-12/h6-8,17H,4-5,9-10H2,1-3H3,(H,16,18). The summed E-state index contributed by atoms with van der Waals surface area (Å²) in [6, 6.07) is 3.57. The number of aliphatic hydroxyl groups excluding tert-OH is 1. The van der Waals surface area contributed by atoms with Gasteiger partial charge in [0.15, 0.2) is 0 Å². The molecule has 100 valence electrons. The van der Waals surface area contributed by atoms with Crippen LogP contribution < -0.4 is 5.32 Å². The van der Waals surface area contributed by atoms with E-state index in [1.54, 1.807) is 12.3 Å². The predicted molar refractivity (Wildman–Crippen MR) is 71.4 cm³/mol. The van der Waals surface area contributed by atoms with Gasteiger partial charge in [-0.2, -0.15) is 0 Å². The normalized spacial score (nSPS) is 11.3. The zero-order valence-corrected chi connectivity index (χ0v) is 11.4. The van der Waals surface area contributed by atoms with Crippen molar-refractivity contribution in [1.82, 2.24) is 10.3 Å². The molecule has 0 fully saturated rings. The number of hydrogen-bond donors (Lipinski definition) is 2. The van der Waals surface area contributed by atoms with Crippen LogP contribution in [-0.2, 0) is 0 Å². The summed E-state index contributed by atoms with van der Waals surface area (Å²) >= 11 is 0. The third-order valence-corrected chi connectivity index (χ3v) is 3.63. The predicted octanol–water partition coefficient (Wildman–Crippen LogP) is 1.92. The number of aliphatic hydroxyl groups is 1. The molecule has 4 nitrogen and oxygen atoms in total. The van der Waals surface area contributed by atoms with Crippen LogP contribution in [0.2, 0.25) is 0 Å². The second-order valence-electron chi connectivity index (χ2n) is 4.74. The molecule has 1 aromatic rings. The van der Waals surface area contributed by atoms with Gasteiger partial charge < -0.3 is 10.4 Å². The van der Waals surface area contributed by atoms with E-state index in [1.165, 1.54) is 0 Å². The molecule has 1 heterocycles. The minimum atomic E-state index is -0.214. The fourth-order valence-corrected chi connectivity index (χ4v) is 1.75. The Hall–Kier alpha value is -1.42. The first-order valence-electron chi connectivity index (χ1n) is 6.38. The molecule has 1 amide bonds. The van der Waals surface area contributed by atoms with E-state index in [0.29, 0.717) is 12.1 Å². The Morgan fingerprint density at radius 1 is 1.39 bits per heavy atom. The van der Waals surface area contributed by atoms with Crippen LogP contribution in [0, 0.1) is 12.3 Å². The quantitative estimate of drug-likeness (QED) is 0.810. The van der Waals surface area contributed by atoms with Gasteiger partial charge in [0.25, 0.3) is 5.91 Å². The van der Waals surface area contributed by atoms with Crippen LogP contribution in [0.3, 0.4) is 0 Å². The van der Waals surface area contributed by atoms with Crippen molar-refractivity contribution in [2.75, 3.05) is 13.2 Å². The molecule has 0 atom stereocenters. The Morgan fingerprint density at radius 3 is 2.50 bits per heavy atom. The van der Waals surface area contributed by atoms with Crippen LogP contribution in [0.25, 0.3) is 0 Å². The van der Waals surface area contributed by atoms with Crippen molar-refractivity contribution in [3.63, 3.8) is 0 Å². The molecular weight excluding hydrogens is 228 g/mol. The van der Waals surface area contributed by atoms with Crippen molar-refractivity contribution < 1.29 is 9.90 Å². The van der Waals surface area contributed by atoms with Crippen LogP contribution in [0.15, 0.2) is 18.3 Å². The molecule has 18 heavy (non-hydrogen) atoms. The van der Waals surface area contributed by atoms with Gasteiger partial charge in [-0.3, -0.25) is 9.78 Å². The molecule has 0 spiro atoms. The average molecular weight is 250 g/mol. The van der Waals surface area contributed by atoms with E-state index < -0.39 is 0 Å². The van der Waals surface area contributed by atoms with E-state index in [2.05, 4.69) is 10.3 Å². The molecule has 0 aliphatic carbocycles. The molecule has 4 heteroatoms. The third-order valence-electron chi connectivity index (χ3n) is 3.63. The summed E-state index contributed by atoms with van der Waals surface area (Å²) in [5.74, 6) is -0.137. The van der Waals surface area contributed by atoms with Crippen molar-refractivity contribution in [2.45, 2.75) is 33.6 Å². The second-order valence-corrected chi connectivity index (χ2v) is 4.74. The number of nitrogens with zero attached hydrogens (tertiary/aromatic N) is 1. The Bertz CT molecular complexity index is 375. The smallest absolute Gasteiger partial charge is 0.252 e. The van der Waals surface area contributed by atoms with Crippen LogP contribution in [0.4, 0.5) is 0 Å². The Kier molecular flexibility index (Phi) is 5.28. The van der Waals surface area contributed by atoms with Gasteiger partial charge in [0.2, 0.25) is 0 Å². The lowest BCUT2D eigenvalue weighted by Gasteiger charge is -2.29. The van der Waals surface area contributed by atoms with Gasteiger partial charge >= 0.3 is 0 Å². The lowest BCUT2D eigenvalue weighted by molar-refractivity contribution is 0.0851. The fourth-order valence-electron chi connectivity index (χ4n) is 1.75. The molecule has 0 aromatic carbocycles. The monoisotopic (exact) mass is 250 g/mol. The first-order chi connectivity index (χ1) is 8.56. The molecule has 1 rings (SSSR count). The number of amides is 1. The van der Waals surface area contributed by atoms with Crippen LogP contribution in [0.5, 0.6) is 0 Å². The molecule has 0 saturated carbocycles. The number of hydrogen-bond acceptors (Lipinski definition) is 3. The highest BCUT2D eigenvalue weighted by Gasteiger charge is 2.25. The van der Waals surface area contributed by atoms with Crippen LogP contribution in [-0.4, -0.2) is 29.1 Å². The van der Waals surface area contributed by atoms with Gasteiger partial charge in [-0.05, 0) is 31.9 Å². The summed E-state index contributed by atoms with van der Waals surface area (Å²) < 4.78 is 0. The van der Waals surface area contributed by atoms with Gasteiger partial charge in [-0.15, -0.1) is 0 Å². The number of rotatable bonds is 6. The molecule has 0 aliphatic rings. The van der Waals surface area contributed by atoms with Gasteiger partial charge in [0.05, 0.1) is 12.2 Å². The molecule has 0 bridgehead atoms. The van der Waals surface area contributed by atoms with E-state index in [9.17, 15) is 9.90 Å². The Morgan fingerprint density at radius 2 is 2.06 bits per heavy atom. The van der Waals surface area contributed by atoms with Crippen molar-refractivity contribution in [3.8, 4) is 0 Å². The lowest BCUT2D eigenvalue weighted by Crippen LogP contribution is -2.39. The molecule has 1 aromatic heterocycles. The van der Waals surface area contributed by atoms with Crippen molar-refractivity contribution in [3.05, 3.63) is 29.6 Å². The zero-order valence-electron chi connectivity index (χ0n) is 11.4. The topological polar surface area (TPSA) is 62.2 Å². The number of aromatic nitrogens is 1. The Labute approximate surface area is 108 Å². The van der Waals surface area contributed by atoms with E-state index in [-0.39, 0.29) is 17.9 Å². The summed E-state index contributed by atoms with van der Waals surface area (Å²) in [4.78, 5) is 16.0. The summed E-state index contributed by atoms with van der Waals surface area (Å²) in [6.45, 7) is 6.51. The lowest BCUT2D eigenvalue weighted by atomic mass is 9.83. The molecule has 0 unspecified atom stereocenters. The third kappa shape index (κ3) is 3.53. The van der Waals surface area contributed by atoms with Crippen molar-refractivity contribution >= 4 is 5.91 Å². The van der Waals surface area contributed by atoms with Gasteiger partial charge in [-0.1, -0.05) is 13.8 Å². The second kappa shape index (κ2) is 6.50. The summed E-state index contributed by atoms with van der Waals surface area (Å²) in [7, 11) is 0. The maximum atomic E-state index is 11.9. The largest absolute Gasteiger partial charge is 0.396 e. The van der Waals surface area contributed by atoms with E-state index >= 15 is 0 Å². The molecule has 0 radical (unpaired) electrons. The van der Waals surface area contributed by atoms with E-state index in [4.69, 9.17) is 0 Å². The molecule has 0 saturated heterocycles. The highest BCUT2D eigenvalue weighted by Crippen LogP contribution is 2.24. The minimum Gasteiger partial charge on any atom is -0.396 e. The summed E-state index contributed by atoms with van der Waals surface area (Å²) in [5, 5.41) is 12.3. The van der Waals surface area contributed by atoms with Gasteiger partial charge in [-0.25, -0.2) is 0 Å². The molecule has 0 aliphatic heterocycles. The zero-order chi connectivity index (χ0) is 13.6. The minimum absolute atomic E-state index is 0.0897. The summed E-state index contributed by atoms with van der Waals surface area (Å²) in [5.41, 5.74) is 1.23. The average Bonchev–Trinajstić information content (AvgIpc) is 2.41. The fraction of sp³-hybridized carbons (Fsp3) is 0.571. The number of carbonyl (C=O) groups excluding carboxylic acids is 1. The number of aryl methyl sites for hydroxylation is 1. The SMILES string of the molecule is CCC(CC)(CO)CNC(=O)c1ccc(C)nc1. The number of nitrogens with one attached hydrogen (secondary N) is 1. The van der Waals surface area contributed by atoms with Crippen LogP contribution >= 0.6 is 0 Å². The number of pyridine rings is 1. The maximum absolute atomic E-state index is 11.9. The van der Waals surface area contributed by atoms with Gasteiger partial charge in [0.1, 0.15) is 0 Å². The van der Waals surface area contributed by atoms with E-state index in [1.807, 2.05) is 26.8 Å². The first-order valence-corrected chi connectivity index (χ1v) is 6.38.